The lowest BCUT2D eigenvalue weighted by Gasteiger charge is -2.13. The van der Waals surface area contributed by atoms with Crippen LogP contribution < -0.4 is 20.1 Å². The highest BCUT2D eigenvalue weighted by Gasteiger charge is 2.06. The molecule has 26 heavy (non-hydrogen) atoms. The summed E-state index contributed by atoms with van der Waals surface area (Å²) in [7, 11) is 3.50. The summed E-state index contributed by atoms with van der Waals surface area (Å²) in [5.74, 6) is 1.96. The van der Waals surface area contributed by atoms with Crippen LogP contribution in [0.2, 0.25) is 0 Å². The second-order valence-corrected chi connectivity index (χ2v) is 5.55. The van der Waals surface area contributed by atoms with Crippen LogP contribution in [0.25, 0.3) is 0 Å². The molecule has 0 radical (unpaired) electrons. The van der Waals surface area contributed by atoms with Crippen LogP contribution in [0.3, 0.4) is 0 Å². The molecule has 0 atom stereocenters. The fourth-order valence-corrected chi connectivity index (χ4v) is 2.35. The lowest BCUT2D eigenvalue weighted by atomic mass is 10.2. The third-order valence-corrected chi connectivity index (χ3v) is 3.70. The largest absolute Gasteiger partial charge is 0.493 e. The molecule has 0 fully saturated rings. The first-order valence-electron chi connectivity index (χ1n) is 8.57. The molecule has 0 aliphatic carbocycles. The number of aliphatic imine (C=N–C) groups is 1. The summed E-state index contributed by atoms with van der Waals surface area (Å²) in [6.45, 7) is 4.13. The normalized spacial score (nSPS) is 11.3. The summed E-state index contributed by atoms with van der Waals surface area (Å²) >= 11 is 0. The van der Waals surface area contributed by atoms with Gasteiger partial charge in [0.05, 0.1) is 32.5 Å². The van der Waals surface area contributed by atoms with E-state index in [2.05, 4.69) is 20.7 Å². The number of aliphatic hydroxyl groups is 1. The van der Waals surface area contributed by atoms with Crippen LogP contribution in [0.1, 0.15) is 18.2 Å². The number of ether oxygens (including phenoxy) is 2. The average Bonchev–Trinajstić information content (AvgIpc) is 3.07. The highest BCUT2D eigenvalue weighted by molar-refractivity contribution is 5.79. The van der Waals surface area contributed by atoms with Crippen LogP contribution >= 0.6 is 0 Å². The number of hydrogen-bond donors (Lipinski definition) is 3. The van der Waals surface area contributed by atoms with E-state index in [0.29, 0.717) is 24.6 Å². The number of benzene rings is 1. The van der Waals surface area contributed by atoms with Gasteiger partial charge in [-0.2, -0.15) is 5.10 Å². The predicted octanol–water partition coefficient (Wildman–Crippen LogP) is 1.06. The molecule has 0 aliphatic heterocycles. The van der Waals surface area contributed by atoms with Crippen molar-refractivity contribution in [2.24, 2.45) is 12.0 Å². The van der Waals surface area contributed by atoms with E-state index in [1.165, 1.54) is 0 Å². The van der Waals surface area contributed by atoms with Crippen molar-refractivity contribution in [1.29, 1.82) is 0 Å². The maximum atomic E-state index is 8.87. The van der Waals surface area contributed by atoms with Gasteiger partial charge in [-0.25, -0.2) is 4.99 Å². The molecule has 1 aromatic heterocycles. The third-order valence-electron chi connectivity index (χ3n) is 3.70. The van der Waals surface area contributed by atoms with Crippen LogP contribution in [0.4, 0.5) is 0 Å². The van der Waals surface area contributed by atoms with E-state index in [4.69, 9.17) is 14.6 Å². The van der Waals surface area contributed by atoms with E-state index in [9.17, 15) is 0 Å². The molecule has 8 heteroatoms. The van der Waals surface area contributed by atoms with Gasteiger partial charge in [-0.05, 0) is 30.7 Å². The van der Waals surface area contributed by atoms with Crippen molar-refractivity contribution in [3.05, 3.63) is 41.7 Å². The van der Waals surface area contributed by atoms with E-state index in [-0.39, 0.29) is 13.2 Å². The summed E-state index contributed by atoms with van der Waals surface area (Å²) in [6.07, 6.45) is 1.77. The Morgan fingerprint density at radius 2 is 2.12 bits per heavy atom. The number of aromatic nitrogens is 2. The number of rotatable bonds is 9. The monoisotopic (exact) mass is 361 g/mol. The topological polar surface area (TPSA) is 92.9 Å². The lowest BCUT2D eigenvalue weighted by molar-refractivity contribution is 0.196. The van der Waals surface area contributed by atoms with Crippen molar-refractivity contribution in [3.8, 4) is 11.5 Å². The molecule has 1 heterocycles. The van der Waals surface area contributed by atoms with Gasteiger partial charge < -0.3 is 25.2 Å². The second-order valence-electron chi connectivity index (χ2n) is 5.55. The van der Waals surface area contributed by atoms with Crippen molar-refractivity contribution >= 4 is 5.96 Å². The van der Waals surface area contributed by atoms with Gasteiger partial charge >= 0.3 is 0 Å². The van der Waals surface area contributed by atoms with Crippen molar-refractivity contribution in [2.45, 2.75) is 20.0 Å². The van der Waals surface area contributed by atoms with E-state index in [1.54, 1.807) is 13.3 Å². The highest BCUT2D eigenvalue weighted by Crippen LogP contribution is 2.28. The van der Waals surface area contributed by atoms with Crippen molar-refractivity contribution in [2.75, 3.05) is 26.9 Å². The summed E-state index contributed by atoms with van der Waals surface area (Å²) in [6, 6.07) is 7.62. The van der Waals surface area contributed by atoms with E-state index < -0.39 is 0 Å². The Labute approximate surface area is 153 Å². The summed E-state index contributed by atoms with van der Waals surface area (Å²) in [5.41, 5.74) is 2.07. The molecule has 8 nitrogen and oxygen atoms in total. The first-order valence-corrected chi connectivity index (χ1v) is 8.57. The fraction of sp³-hybridized carbons (Fsp3) is 0.444. The van der Waals surface area contributed by atoms with Crippen LogP contribution in [0.15, 0.2) is 35.5 Å². The maximum Gasteiger partial charge on any atom is 0.191 e. The van der Waals surface area contributed by atoms with Gasteiger partial charge in [0.1, 0.15) is 6.61 Å². The fourth-order valence-electron chi connectivity index (χ4n) is 2.35. The lowest BCUT2D eigenvalue weighted by Crippen LogP contribution is -2.37. The van der Waals surface area contributed by atoms with Gasteiger partial charge in [0.2, 0.25) is 0 Å². The Hall–Kier alpha value is -2.74. The zero-order valence-electron chi connectivity index (χ0n) is 15.5. The van der Waals surface area contributed by atoms with Crippen molar-refractivity contribution in [1.82, 2.24) is 20.4 Å². The number of nitrogens with zero attached hydrogens (tertiary/aromatic N) is 3. The molecule has 0 spiro atoms. The molecule has 0 saturated heterocycles. The molecule has 0 aliphatic rings. The standard InChI is InChI=1S/C18H27N5O3/c1-4-19-18(21-13-15-7-8-22-23(15)2)20-12-14-5-6-16(26-10-9-24)17(11-14)25-3/h5-8,11,24H,4,9-10,12-13H2,1-3H3,(H2,19,20,21). The van der Waals surface area contributed by atoms with E-state index in [0.717, 1.165) is 23.8 Å². The Bertz CT molecular complexity index is 715. The number of aryl methyl sites for hydroxylation is 1. The second kappa shape index (κ2) is 10.3. The Morgan fingerprint density at radius 3 is 2.77 bits per heavy atom. The van der Waals surface area contributed by atoms with Gasteiger partial charge in [0.25, 0.3) is 0 Å². The van der Waals surface area contributed by atoms with E-state index >= 15 is 0 Å². The summed E-state index contributed by atoms with van der Waals surface area (Å²) < 4.78 is 12.6. The number of methoxy groups -OCH3 is 1. The smallest absolute Gasteiger partial charge is 0.191 e. The van der Waals surface area contributed by atoms with Crippen LogP contribution in [0.5, 0.6) is 11.5 Å². The number of aliphatic hydroxyl groups excluding tert-OH is 1. The molecule has 3 N–H and O–H groups in total. The average molecular weight is 361 g/mol. The quantitative estimate of drug-likeness (QED) is 0.457. The maximum absolute atomic E-state index is 8.87. The Kier molecular flexibility index (Phi) is 7.75. The summed E-state index contributed by atoms with van der Waals surface area (Å²) in [4.78, 5) is 4.61. The van der Waals surface area contributed by atoms with Crippen molar-refractivity contribution in [3.63, 3.8) is 0 Å². The Balaban J connectivity index is 2.02. The zero-order valence-corrected chi connectivity index (χ0v) is 15.5. The SMILES string of the molecule is CCNC(=NCc1ccc(OCCO)c(OC)c1)NCc1ccnn1C. The van der Waals surface area contributed by atoms with Gasteiger partial charge in [0, 0.05) is 19.8 Å². The first-order chi connectivity index (χ1) is 12.7. The molecule has 1 aromatic carbocycles. The van der Waals surface area contributed by atoms with Crippen LogP contribution in [-0.4, -0.2) is 47.7 Å². The van der Waals surface area contributed by atoms with Gasteiger partial charge in [-0.1, -0.05) is 6.07 Å². The van der Waals surface area contributed by atoms with Gasteiger partial charge in [-0.3, -0.25) is 4.68 Å². The molecular formula is C18H27N5O3. The zero-order chi connectivity index (χ0) is 18.8. The molecule has 2 rings (SSSR count). The molecule has 2 aromatic rings. The molecule has 0 bridgehead atoms. The van der Waals surface area contributed by atoms with Crippen LogP contribution in [0, 0.1) is 0 Å². The Morgan fingerprint density at radius 1 is 1.27 bits per heavy atom. The molecule has 0 unspecified atom stereocenters. The minimum Gasteiger partial charge on any atom is -0.493 e. The minimum absolute atomic E-state index is 0.0381. The predicted molar refractivity (Wildman–Crippen MR) is 100 cm³/mol. The van der Waals surface area contributed by atoms with Crippen LogP contribution in [-0.2, 0) is 20.1 Å². The molecule has 142 valence electrons. The highest BCUT2D eigenvalue weighted by atomic mass is 16.5. The summed E-state index contributed by atoms with van der Waals surface area (Å²) in [5, 5.41) is 19.6. The number of guanidine groups is 1. The molecular weight excluding hydrogens is 334 g/mol. The molecule has 0 saturated carbocycles. The molecule has 0 amide bonds. The first kappa shape index (κ1) is 19.6. The minimum atomic E-state index is -0.0381. The number of nitrogens with one attached hydrogen (secondary N) is 2. The number of hydrogen-bond acceptors (Lipinski definition) is 5. The van der Waals surface area contributed by atoms with Gasteiger partial charge in [0.15, 0.2) is 17.5 Å². The third kappa shape index (κ3) is 5.66. The van der Waals surface area contributed by atoms with Crippen molar-refractivity contribution < 1.29 is 14.6 Å². The van der Waals surface area contributed by atoms with E-state index in [1.807, 2.05) is 42.9 Å². The van der Waals surface area contributed by atoms with Gasteiger partial charge in [-0.15, -0.1) is 0 Å².